The van der Waals surface area contributed by atoms with Crippen molar-refractivity contribution in [3.8, 4) is 5.75 Å². The predicted octanol–water partition coefficient (Wildman–Crippen LogP) is 4.67. The molecule has 0 amide bonds. The molecule has 0 saturated heterocycles. The molecule has 0 aromatic heterocycles. The summed E-state index contributed by atoms with van der Waals surface area (Å²) in [5, 5.41) is 3.67. The lowest BCUT2D eigenvalue weighted by Crippen LogP contribution is -2.09. The number of ether oxygens (including phenoxy) is 1. The third-order valence-corrected chi connectivity index (χ3v) is 4.89. The van der Waals surface area contributed by atoms with Crippen LogP contribution in [0.25, 0.3) is 0 Å². The van der Waals surface area contributed by atoms with Gasteiger partial charge >= 0.3 is 0 Å². The lowest BCUT2D eigenvalue weighted by Gasteiger charge is -2.14. The minimum Gasteiger partial charge on any atom is -0.497 e. The first kappa shape index (κ1) is 13.5. The maximum Gasteiger partial charge on any atom is 0.118 e. The van der Waals surface area contributed by atoms with Gasteiger partial charge in [0.05, 0.1) is 17.8 Å². The number of anilines is 1. The second-order valence-corrected chi connectivity index (χ2v) is 6.37. The minimum absolute atomic E-state index is 0.338. The van der Waals surface area contributed by atoms with E-state index in [-0.39, 0.29) is 0 Å². The molecular weight excluding hydrogens is 286 g/mol. The number of thiocarbonyl (C=S) groups is 1. The van der Waals surface area contributed by atoms with E-state index in [2.05, 4.69) is 35.6 Å². The number of fused-ring (bicyclic) bond motifs is 1. The zero-order chi connectivity index (χ0) is 13.9. The topological polar surface area (TPSA) is 21.3 Å². The van der Waals surface area contributed by atoms with Crippen molar-refractivity contribution in [3.63, 3.8) is 0 Å². The Balaban J connectivity index is 1.91. The minimum atomic E-state index is 0.338. The van der Waals surface area contributed by atoms with E-state index < -0.39 is 0 Å². The third-order valence-electron chi connectivity index (χ3n) is 3.29. The normalized spacial score (nSPS) is 17.9. The highest BCUT2D eigenvalue weighted by molar-refractivity contribution is 7.99. The molecule has 4 heteroatoms. The summed E-state index contributed by atoms with van der Waals surface area (Å²) in [4.78, 5) is 2.14. The van der Waals surface area contributed by atoms with E-state index in [0.29, 0.717) is 5.25 Å². The third kappa shape index (κ3) is 2.81. The Bertz CT molecular complexity index is 625. The molecule has 1 unspecified atom stereocenters. The molecule has 1 atom stereocenters. The van der Waals surface area contributed by atoms with Crippen LogP contribution in [0.1, 0.15) is 17.2 Å². The van der Waals surface area contributed by atoms with E-state index in [0.717, 1.165) is 22.8 Å². The van der Waals surface area contributed by atoms with Crippen LogP contribution in [-0.2, 0) is 0 Å². The van der Waals surface area contributed by atoms with E-state index in [1.165, 1.54) is 10.5 Å². The maximum atomic E-state index is 5.45. The van der Waals surface area contributed by atoms with E-state index in [1.54, 1.807) is 7.11 Å². The number of nitrogens with one attached hydrogen (secondary N) is 1. The molecule has 1 aliphatic rings. The smallest absolute Gasteiger partial charge is 0.118 e. The van der Waals surface area contributed by atoms with Gasteiger partial charge in [0.25, 0.3) is 0 Å². The fourth-order valence-corrected chi connectivity index (χ4v) is 3.88. The molecule has 2 aromatic carbocycles. The maximum absolute atomic E-state index is 5.45. The van der Waals surface area contributed by atoms with Gasteiger partial charge in [0.1, 0.15) is 5.75 Å². The molecule has 3 rings (SSSR count). The van der Waals surface area contributed by atoms with Crippen LogP contribution in [0.3, 0.4) is 0 Å². The zero-order valence-electron chi connectivity index (χ0n) is 11.1. The van der Waals surface area contributed by atoms with Crippen molar-refractivity contribution in [3.05, 3.63) is 54.1 Å². The van der Waals surface area contributed by atoms with Crippen LogP contribution in [0.4, 0.5) is 5.69 Å². The lowest BCUT2D eigenvalue weighted by molar-refractivity contribution is 0.414. The molecule has 2 nitrogen and oxygen atoms in total. The summed E-state index contributed by atoms with van der Waals surface area (Å²) >= 11 is 7.30. The quantitative estimate of drug-likeness (QED) is 0.813. The van der Waals surface area contributed by atoms with Crippen molar-refractivity contribution < 1.29 is 4.74 Å². The number of hydrogen-bond acceptors (Lipinski definition) is 3. The first-order valence-electron chi connectivity index (χ1n) is 6.46. The zero-order valence-corrected chi connectivity index (χ0v) is 12.8. The summed E-state index contributed by atoms with van der Waals surface area (Å²) in [5.74, 6) is 0.883. The average molecular weight is 301 g/mol. The molecule has 1 aliphatic heterocycles. The highest BCUT2D eigenvalue weighted by Gasteiger charge is 2.21. The Morgan fingerprint density at radius 2 is 1.90 bits per heavy atom. The second kappa shape index (κ2) is 5.85. The summed E-state index contributed by atoms with van der Waals surface area (Å²) in [6.45, 7) is 0. The summed E-state index contributed by atoms with van der Waals surface area (Å²) < 4.78 is 5.21. The van der Waals surface area contributed by atoms with Crippen LogP contribution < -0.4 is 10.1 Å². The SMILES string of the molecule is COc1ccc(C2CC(=S)Nc3ccccc3S2)cc1. The van der Waals surface area contributed by atoms with Gasteiger partial charge in [-0.05, 0) is 29.8 Å². The molecule has 20 heavy (non-hydrogen) atoms. The van der Waals surface area contributed by atoms with Crippen LogP contribution in [0.2, 0.25) is 0 Å². The van der Waals surface area contributed by atoms with Gasteiger partial charge in [-0.25, -0.2) is 0 Å². The summed E-state index contributed by atoms with van der Waals surface area (Å²) in [6.07, 6.45) is 0.848. The molecule has 0 saturated carbocycles. The molecule has 0 aliphatic carbocycles. The van der Waals surface area contributed by atoms with Crippen molar-refractivity contribution in [2.45, 2.75) is 16.6 Å². The first-order valence-corrected chi connectivity index (χ1v) is 7.74. The van der Waals surface area contributed by atoms with E-state index in [9.17, 15) is 0 Å². The molecule has 0 spiro atoms. The van der Waals surface area contributed by atoms with Crippen LogP contribution in [0.15, 0.2) is 53.4 Å². The van der Waals surface area contributed by atoms with Gasteiger partial charge in [0.2, 0.25) is 0 Å². The number of benzene rings is 2. The van der Waals surface area contributed by atoms with Crippen LogP contribution >= 0.6 is 24.0 Å². The highest BCUT2D eigenvalue weighted by atomic mass is 32.2. The molecule has 0 bridgehead atoms. The molecular formula is C16H15NOS2. The average Bonchev–Trinajstić information content (AvgIpc) is 2.65. The summed E-state index contributed by atoms with van der Waals surface area (Å²) in [6, 6.07) is 16.5. The fourth-order valence-electron chi connectivity index (χ4n) is 2.24. The van der Waals surface area contributed by atoms with Gasteiger partial charge in [-0.3, -0.25) is 0 Å². The van der Waals surface area contributed by atoms with Gasteiger partial charge in [-0.1, -0.05) is 36.5 Å². The van der Waals surface area contributed by atoms with Crippen LogP contribution in [0.5, 0.6) is 5.75 Å². The Morgan fingerprint density at radius 3 is 2.65 bits per heavy atom. The number of rotatable bonds is 2. The van der Waals surface area contributed by atoms with Crippen molar-refractivity contribution in [1.29, 1.82) is 0 Å². The highest BCUT2D eigenvalue weighted by Crippen LogP contribution is 2.43. The van der Waals surface area contributed by atoms with Gasteiger partial charge < -0.3 is 10.1 Å². The largest absolute Gasteiger partial charge is 0.497 e. The van der Waals surface area contributed by atoms with Gasteiger partial charge in [0.15, 0.2) is 0 Å². The van der Waals surface area contributed by atoms with Crippen molar-refractivity contribution >= 4 is 34.7 Å². The summed E-state index contributed by atoms with van der Waals surface area (Å²) in [5.41, 5.74) is 2.38. The Morgan fingerprint density at radius 1 is 1.15 bits per heavy atom. The van der Waals surface area contributed by atoms with Crippen LogP contribution in [-0.4, -0.2) is 12.1 Å². The van der Waals surface area contributed by atoms with Gasteiger partial charge in [-0.15, -0.1) is 11.8 Å². The van der Waals surface area contributed by atoms with Gasteiger partial charge in [0, 0.05) is 16.6 Å². The van der Waals surface area contributed by atoms with E-state index in [1.807, 2.05) is 30.0 Å². The second-order valence-electron chi connectivity index (χ2n) is 4.63. The molecule has 0 radical (unpaired) electrons. The van der Waals surface area contributed by atoms with Gasteiger partial charge in [-0.2, -0.15) is 0 Å². The van der Waals surface area contributed by atoms with E-state index >= 15 is 0 Å². The number of hydrogen-bond donors (Lipinski definition) is 1. The number of thioether (sulfide) groups is 1. The van der Waals surface area contributed by atoms with Crippen molar-refractivity contribution in [1.82, 2.24) is 0 Å². The molecule has 1 heterocycles. The molecule has 0 fully saturated rings. The first-order chi connectivity index (χ1) is 9.76. The molecule has 2 aromatic rings. The Kier molecular flexibility index (Phi) is 3.94. The van der Waals surface area contributed by atoms with Crippen molar-refractivity contribution in [2.24, 2.45) is 0 Å². The standard InChI is InChI=1S/C16H15NOS2/c1-18-12-8-6-11(7-9-12)15-10-16(19)17-13-4-2-3-5-14(13)20-15/h2-9,15H,10H2,1H3,(H,17,19). The molecule has 1 N–H and O–H groups in total. The Labute approximate surface area is 128 Å². The fraction of sp³-hybridized carbons (Fsp3) is 0.188. The predicted molar refractivity (Wildman–Crippen MR) is 88.9 cm³/mol. The summed E-state index contributed by atoms with van der Waals surface area (Å²) in [7, 11) is 1.69. The van der Waals surface area contributed by atoms with Crippen LogP contribution in [0, 0.1) is 0 Å². The van der Waals surface area contributed by atoms with Crippen molar-refractivity contribution in [2.75, 3.05) is 12.4 Å². The lowest BCUT2D eigenvalue weighted by atomic mass is 10.1. The Hall–Kier alpha value is -1.52. The molecule has 102 valence electrons. The monoisotopic (exact) mass is 301 g/mol. The van der Waals surface area contributed by atoms with E-state index in [4.69, 9.17) is 17.0 Å². The number of methoxy groups -OCH3 is 1. The number of para-hydroxylation sites is 1.